The fourth-order valence-electron chi connectivity index (χ4n) is 1.68. The lowest BCUT2D eigenvalue weighted by Gasteiger charge is -2.05. The molecule has 0 spiro atoms. The van der Waals surface area contributed by atoms with Crippen LogP contribution in [0, 0.1) is 0 Å². The van der Waals surface area contributed by atoms with E-state index in [0.29, 0.717) is 11.4 Å². The van der Waals surface area contributed by atoms with Gasteiger partial charge in [-0.25, -0.2) is 13.2 Å². The van der Waals surface area contributed by atoms with Crippen molar-refractivity contribution in [2.75, 3.05) is 11.0 Å². The second kappa shape index (κ2) is 6.91. The Balaban J connectivity index is 1.96. The van der Waals surface area contributed by atoms with E-state index < -0.39 is 16.0 Å². The number of nitrogens with one attached hydrogen (secondary N) is 1. The predicted octanol–water partition coefficient (Wildman–Crippen LogP) is 2.68. The molecule has 5 nitrogen and oxygen atoms in total. The van der Waals surface area contributed by atoms with Gasteiger partial charge in [0.2, 0.25) is 10.0 Å². The molecule has 0 saturated heterocycles. The van der Waals surface area contributed by atoms with Gasteiger partial charge in [-0.2, -0.15) is 0 Å². The van der Waals surface area contributed by atoms with Gasteiger partial charge in [0.25, 0.3) is 0 Å². The molecule has 6 heteroatoms. The summed E-state index contributed by atoms with van der Waals surface area (Å²) in [5.41, 5.74) is 1.30. The van der Waals surface area contributed by atoms with Crippen LogP contribution in [-0.4, -0.2) is 20.6 Å². The zero-order valence-electron chi connectivity index (χ0n) is 11.9. The molecule has 0 radical (unpaired) electrons. The minimum absolute atomic E-state index is 0.335. The number of sulfonamides is 1. The number of rotatable bonds is 5. The standard InChI is InChI=1S/C16H15NO4S/c1-22(19,20)17-14-8-10-15(11-9-14)21-16(18)12-7-13-5-3-2-4-6-13/h2-12,17H,1H3/b12-7+. The van der Waals surface area contributed by atoms with Gasteiger partial charge in [-0.1, -0.05) is 30.3 Å². The summed E-state index contributed by atoms with van der Waals surface area (Å²) in [7, 11) is -3.32. The average molecular weight is 317 g/mol. The van der Waals surface area contributed by atoms with Crippen LogP contribution >= 0.6 is 0 Å². The number of hydrogen-bond acceptors (Lipinski definition) is 4. The summed E-state index contributed by atoms with van der Waals surface area (Å²) in [6.07, 6.45) is 4.05. The maximum Gasteiger partial charge on any atom is 0.336 e. The monoisotopic (exact) mass is 317 g/mol. The first-order valence-electron chi connectivity index (χ1n) is 6.45. The van der Waals surface area contributed by atoms with Crippen LogP contribution in [0.1, 0.15) is 5.56 Å². The van der Waals surface area contributed by atoms with Gasteiger partial charge in [0.05, 0.1) is 6.26 Å². The van der Waals surface area contributed by atoms with E-state index in [1.165, 1.54) is 30.3 Å². The van der Waals surface area contributed by atoms with Crippen molar-refractivity contribution in [2.24, 2.45) is 0 Å². The van der Waals surface area contributed by atoms with Gasteiger partial charge in [-0.05, 0) is 35.9 Å². The fraction of sp³-hybridized carbons (Fsp3) is 0.0625. The Kier molecular flexibility index (Phi) is 4.95. The van der Waals surface area contributed by atoms with E-state index >= 15 is 0 Å². The van der Waals surface area contributed by atoms with Crippen LogP contribution in [0.15, 0.2) is 60.7 Å². The average Bonchev–Trinajstić information content (AvgIpc) is 2.47. The van der Waals surface area contributed by atoms with Crippen LogP contribution in [0.4, 0.5) is 5.69 Å². The van der Waals surface area contributed by atoms with Crippen molar-refractivity contribution >= 4 is 27.8 Å². The van der Waals surface area contributed by atoms with E-state index in [4.69, 9.17) is 4.74 Å². The second-order valence-electron chi connectivity index (χ2n) is 4.56. The summed E-state index contributed by atoms with van der Waals surface area (Å²) in [6.45, 7) is 0. The molecule has 2 rings (SSSR count). The highest BCUT2D eigenvalue weighted by atomic mass is 32.2. The summed E-state index contributed by atoms with van der Waals surface area (Å²) >= 11 is 0. The molecular formula is C16H15NO4S. The largest absolute Gasteiger partial charge is 0.423 e. The van der Waals surface area contributed by atoms with E-state index in [1.807, 2.05) is 30.3 Å². The Morgan fingerprint density at radius 3 is 2.27 bits per heavy atom. The van der Waals surface area contributed by atoms with E-state index in [2.05, 4.69) is 4.72 Å². The Morgan fingerprint density at radius 1 is 1.05 bits per heavy atom. The summed E-state index contributed by atoms with van der Waals surface area (Å²) in [4.78, 5) is 11.7. The number of carbonyl (C=O) groups excluding carboxylic acids is 1. The molecule has 0 aliphatic heterocycles. The van der Waals surface area contributed by atoms with Gasteiger partial charge in [0.1, 0.15) is 5.75 Å². The molecule has 0 heterocycles. The van der Waals surface area contributed by atoms with Crippen molar-refractivity contribution < 1.29 is 17.9 Å². The fourth-order valence-corrected chi connectivity index (χ4v) is 2.25. The van der Waals surface area contributed by atoms with Crippen LogP contribution in [0.3, 0.4) is 0 Å². The quantitative estimate of drug-likeness (QED) is 0.523. The summed E-state index contributed by atoms with van der Waals surface area (Å²) < 4.78 is 29.6. The smallest absolute Gasteiger partial charge is 0.336 e. The van der Waals surface area contributed by atoms with E-state index in [9.17, 15) is 13.2 Å². The normalized spacial score (nSPS) is 11.3. The van der Waals surface area contributed by atoms with Crippen LogP contribution in [-0.2, 0) is 14.8 Å². The third kappa shape index (κ3) is 5.41. The first-order valence-corrected chi connectivity index (χ1v) is 8.34. The lowest BCUT2D eigenvalue weighted by Crippen LogP contribution is -2.09. The molecule has 22 heavy (non-hydrogen) atoms. The Morgan fingerprint density at radius 2 is 1.68 bits per heavy atom. The minimum Gasteiger partial charge on any atom is -0.423 e. The number of hydrogen-bond donors (Lipinski definition) is 1. The van der Waals surface area contributed by atoms with Gasteiger partial charge in [0.15, 0.2) is 0 Å². The minimum atomic E-state index is -3.32. The summed E-state index contributed by atoms with van der Waals surface area (Å²) in [5, 5.41) is 0. The first kappa shape index (κ1) is 15.8. The number of anilines is 1. The molecule has 0 aliphatic carbocycles. The van der Waals surface area contributed by atoms with Crippen molar-refractivity contribution in [3.63, 3.8) is 0 Å². The molecule has 0 atom stereocenters. The van der Waals surface area contributed by atoms with Crippen molar-refractivity contribution in [1.29, 1.82) is 0 Å². The van der Waals surface area contributed by atoms with Crippen molar-refractivity contribution in [2.45, 2.75) is 0 Å². The number of carbonyl (C=O) groups is 1. The maximum atomic E-state index is 11.7. The number of esters is 1. The molecule has 0 aliphatic rings. The third-order valence-electron chi connectivity index (χ3n) is 2.59. The lowest BCUT2D eigenvalue weighted by molar-refractivity contribution is -0.128. The van der Waals surface area contributed by atoms with Crippen LogP contribution in [0.2, 0.25) is 0 Å². The highest BCUT2D eigenvalue weighted by Gasteiger charge is 2.03. The highest BCUT2D eigenvalue weighted by molar-refractivity contribution is 7.92. The zero-order chi connectivity index (χ0) is 16.0. The van der Waals surface area contributed by atoms with Crippen molar-refractivity contribution in [1.82, 2.24) is 0 Å². The molecule has 0 unspecified atom stereocenters. The molecule has 0 saturated carbocycles. The van der Waals surface area contributed by atoms with Crippen molar-refractivity contribution in [3.05, 3.63) is 66.2 Å². The predicted molar refractivity (Wildman–Crippen MR) is 86.0 cm³/mol. The molecular weight excluding hydrogens is 302 g/mol. The van der Waals surface area contributed by atoms with E-state index in [1.54, 1.807) is 6.08 Å². The summed E-state index contributed by atoms with van der Waals surface area (Å²) in [5.74, 6) is -0.172. The molecule has 0 fully saturated rings. The molecule has 0 bridgehead atoms. The number of ether oxygens (including phenoxy) is 1. The molecule has 0 amide bonds. The van der Waals surface area contributed by atoms with E-state index in [0.717, 1.165) is 11.8 Å². The van der Waals surface area contributed by atoms with Crippen LogP contribution < -0.4 is 9.46 Å². The molecule has 1 N–H and O–H groups in total. The van der Waals surface area contributed by atoms with Crippen molar-refractivity contribution in [3.8, 4) is 5.75 Å². The first-order chi connectivity index (χ1) is 10.4. The molecule has 0 aromatic heterocycles. The van der Waals surface area contributed by atoms with Gasteiger partial charge in [0, 0.05) is 11.8 Å². The van der Waals surface area contributed by atoms with Gasteiger partial charge in [-0.3, -0.25) is 4.72 Å². The summed E-state index contributed by atoms with van der Waals surface area (Å²) in [6, 6.07) is 15.4. The van der Waals surface area contributed by atoms with Crippen LogP contribution in [0.25, 0.3) is 6.08 Å². The Bertz CT molecular complexity index is 766. The lowest BCUT2D eigenvalue weighted by atomic mass is 10.2. The molecule has 2 aromatic carbocycles. The second-order valence-corrected chi connectivity index (χ2v) is 6.31. The highest BCUT2D eigenvalue weighted by Crippen LogP contribution is 2.16. The van der Waals surface area contributed by atoms with Gasteiger partial charge in [-0.15, -0.1) is 0 Å². The number of benzene rings is 2. The van der Waals surface area contributed by atoms with Gasteiger partial charge < -0.3 is 4.74 Å². The van der Waals surface area contributed by atoms with Gasteiger partial charge >= 0.3 is 5.97 Å². The topological polar surface area (TPSA) is 72.5 Å². The SMILES string of the molecule is CS(=O)(=O)Nc1ccc(OC(=O)/C=C/c2ccccc2)cc1. The molecule has 2 aromatic rings. The maximum absolute atomic E-state index is 11.7. The molecule has 114 valence electrons. The zero-order valence-corrected chi connectivity index (χ0v) is 12.7. The Hall–Kier alpha value is -2.60. The third-order valence-corrected chi connectivity index (χ3v) is 3.19. The Labute approximate surface area is 129 Å². The van der Waals surface area contributed by atoms with Crippen LogP contribution in [0.5, 0.6) is 5.75 Å². The van der Waals surface area contributed by atoms with E-state index in [-0.39, 0.29) is 0 Å².